The molecule has 4 nitrogen and oxygen atoms in total. The molecule has 4 atom stereocenters. The quantitative estimate of drug-likeness (QED) is 0.140. The predicted octanol–water partition coefficient (Wildman–Crippen LogP) is 8.48. The standard InChI is InChI=1S/C30H58O4/c1-27(19-15-11-7-3-4-9-13-17-21-29-22-25-32-29)34-28(2)20-16-12-8-5-6-10-14-18-23-30(31)24-26-33-30/h27-29,31H,3-26H2,1-2H3. The minimum atomic E-state index is -0.763. The summed E-state index contributed by atoms with van der Waals surface area (Å²) >= 11 is 0. The molecule has 2 heterocycles. The Bertz CT molecular complexity index is 461. The maximum absolute atomic E-state index is 9.90. The Labute approximate surface area is 211 Å². The summed E-state index contributed by atoms with van der Waals surface area (Å²) in [4.78, 5) is 0. The summed E-state index contributed by atoms with van der Waals surface area (Å²) in [5, 5.41) is 9.90. The van der Waals surface area contributed by atoms with E-state index in [4.69, 9.17) is 14.2 Å². The van der Waals surface area contributed by atoms with Gasteiger partial charge in [0.15, 0.2) is 5.79 Å². The van der Waals surface area contributed by atoms with Crippen LogP contribution in [0.3, 0.4) is 0 Å². The molecular formula is C30H58O4. The topological polar surface area (TPSA) is 47.9 Å². The number of ether oxygens (including phenoxy) is 3. The van der Waals surface area contributed by atoms with Crippen LogP contribution in [0.15, 0.2) is 0 Å². The zero-order chi connectivity index (χ0) is 24.3. The van der Waals surface area contributed by atoms with Gasteiger partial charge in [0, 0.05) is 19.4 Å². The smallest absolute Gasteiger partial charge is 0.167 e. The van der Waals surface area contributed by atoms with Crippen molar-refractivity contribution >= 4 is 0 Å². The molecule has 0 spiro atoms. The summed E-state index contributed by atoms with van der Waals surface area (Å²) in [5.41, 5.74) is 0. The molecule has 0 bridgehead atoms. The van der Waals surface area contributed by atoms with Gasteiger partial charge in [-0.05, 0) is 46.0 Å². The number of unbranched alkanes of at least 4 members (excludes halogenated alkanes) is 14. The summed E-state index contributed by atoms with van der Waals surface area (Å²) in [6.45, 7) is 6.25. The van der Waals surface area contributed by atoms with E-state index in [9.17, 15) is 5.11 Å². The van der Waals surface area contributed by atoms with Crippen LogP contribution >= 0.6 is 0 Å². The van der Waals surface area contributed by atoms with Crippen LogP contribution in [0.4, 0.5) is 0 Å². The highest BCUT2D eigenvalue weighted by Gasteiger charge is 2.34. The fraction of sp³-hybridized carbons (Fsp3) is 1.00. The van der Waals surface area contributed by atoms with E-state index < -0.39 is 5.79 Å². The Kier molecular flexibility index (Phi) is 16.8. The lowest BCUT2D eigenvalue weighted by Gasteiger charge is -2.36. The maximum atomic E-state index is 9.90. The van der Waals surface area contributed by atoms with E-state index in [0.717, 1.165) is 32.5 Å². The molecule has 2 saturated heterocycles. The van der Waals surface area contributed by atoms with Crippen LogP contribution in [0.25, 0.3) is 0 Å². The van der Waals surface area contributed by atoms with Gasteiger partial charge in [-0.2, -0.15) is 0 Å². The molecule has 34 heavy (non-hydrogen) atoms. The molecule has 4 heteroatoms. The normalized spacial score (nSPS) is 23.9. The van der Waals surface area contributed by atoms with Gasteiger partial charge in [0.05, 0.1) is 24.9 Å². The minimum Gasteiger partial charge on any atom is -0.378 e. The van der Waals surface area contributed by atoms with Gasteiger partial charge in [0.2, 0.25) is 0 Å². The summed E-state index contributed by atoms with van der Waals surface area (Å²) in [6.07, 6.45) is 29.4. The van der Waals surface area contributed by atoms with Crippen LogP contribution in [-0.4, -0.2) is 42.4 Å². The fourth-order valence-electron chi connectivity index (χ4n) is 5.34. The molecule has 2 aliphatic heterocycles. The molecule has 4 unspecified atom stereocenters. The highest BCUT2D eigenvalue weighted by Crippen LogP contribution is 2.29. The molecule has 0 aromatic heterocycles. The van der Waals surface area contributed by atoms with E-state index in [1.54, 1.807) is 0 Å². The molecule has 1 N–H and O–H groups in total. The first-order valence-electron chi connectivity index (χ1n) is 15.2. The number of aliphatic hydroxyl groups is 1. The van der Waals surface area contributed by atoms with Gasteiger partial charge in [0.1, 0.15) is 0 Å². The van der Waals surface area contributed by atoms with E-state index >= 15 is 0 Å². The second-order valence-corrected chi connectivity index (χ2v) is 11.4. The molecule has 0 aromatic rings. The zero-order valence-electron chi connectivity index (χ0n) is 22.9. The molecule has 0 aliphatic carbocycles. The fourth-order valence-corrected chi connectivity index (χ4v) is 5.34. The second-order valence-electron chi connectivity index (χ2n) is 11.4. The highest BCUT2D eigenvalue weighted by atomic mass is 16.6. The van der Waals surface area contributed by atoms with E-state index in [2.05, 4.69) is 13.8 Å². The summed E-state index contributed by atoms with van der Waals surface area (Å²) < 4.78 is 16.9. The summed E-state index contributed by atoms with van der Waals surface area (Å²) in [7, 11) is 0. The lowest BCUT2D eigenvalue weighted by Crippen LogP contribution is -2.43. The third kappa shape index (κ3) is 15.1. The van der Waals surface area contributed by atoms with Crippen LogP contribution in [0.1, 0.15) is 155 Å². The molecule has 2 fully saturated rings. The van der Waals surface area contributed by atoms with E-state index in [1.165, 1.54) is 122 Å². The van der Waals surface area contributed by atoms with Crippen LogP contribution in [-0.2, 0) is 14.2 Å². The Morgan fingerprint density at radius 1 is 0.706 bits per heavy atom. The minimum absolute atomic E-state index is 0.403. The van der Waals surface area contributed by atoms with E-state index in [1.807, 2.05) is 0 Å². The van der Waals surface area contributed by atoms with Crippen LogP contribution in [0.2, 0.25) is 0 Å². The van der Waals surface area contributed by atoms with Crippen LogP contribution in [0.5, 0.6) is 0 Å². The summed E-state index contributed by atoms with van der Waals surface area (Å²) in [6, 6.07) is 0. The Morgan fingerprint density at radius 2 is 1.15 bits per heavy atom. The zero-order valence-corrected chi connectivity index (χ0v) is 22.9. The SMILES string of the molecule is CC(CCCCCCCCCCC1CCO1)OC(C)CCCCCCCCCCC1(O)CCO1. The third-order valence-corrected chi connectivity index (χ3v) is 7.94. The number of hydrogen-bond acceptors (Lipinski definition) is 4. The van der Waals surface area contributed by atoms with Crippen molar-refractivity contribution in [3.63, 3.8) is 0 Å². The van der Waals surface area contributed by atoms with Gasteiger partial charge < -0.3 is 19.3 Å². The first kappa shape index (κ1) is 30.1. The summed E-state index contributed by atoms with van der Waals surface area (Å²) in [5.74, 6) is -0.763. The van der Waals surface area contributed by atoms with Gasteiger partial charge in [-0.15, -0.1) is 0 Å². The first-order chi connectivity index (χ1) is 16.6. The Hall–Kier alpha value is -0.160. The van der Waals surface area contributed by atoms with Crippen molar-refractivity contribution in [3.8, 4) is 0 Å². The Morgan fingerprint density at radius 3 is 1.56 bits per heavy atom. The molecule has 0 aromatic carbocycles. The Balaban J connectivity index is 1.24. The van der Waals surface area contributed by atoms with Gasteiger partial charge in [-0.25, -0.2) is 0 Å². The predicted molar refractivity (Wildman–Crippen MR) is 142 cm³/mol. The lowest BCUT2D eigenvalue weighted by atomic mass is 9.99. The van der Waals surface area contributed by atoms with Gasteiger partial charge >= 0.3 is 0 Å². The molecule has 2 rings (SSSR count). The van der Waals surface area contributed by atoms with Crippen molar-refractivity contribution in [2.75, 3.05) is 13.2 Å². The molecule has 2 aliphatic rings. The average Bonchev–Trinajstić information content (AvgIpc) is 2.76. The third-order valence-electron chi connectivity index (χ3n) is 7.94. The average molecular weight is 483 g/mol. The van der Waals surface area contributed by atoms with Crippen molar-refractivity contribution in [2.24, 2.45) is 0 Å². The first-order valence-corrected chi connectivity index (χ1v) is 15.2. The largest absolute Gasteiger partial charge is 0.378 e. The van der Waals surface area contributed by atoms with Crippen molar-refractivity contribution in [2.45, 2.75) is 179 Å². The van der Waals surface area contributed by atoms with Gasteiger partial charge in [-0.1, -0.05) is 96.3 Å². The molecular weight excluding hydrogens is 424 g/mol. The second kappa shape index (κ2) is 19.0. The molecule has 202 valence electrons. The van der Waals surface area contributed by atoms with Crippen molar-refractivity contribution in [3.05, 3.63) is 0 Å². The lowest BCUT2D eigenvalue weighted by molar-refractivity contribution is -0.285. The monoisotopic (exact) mass is 482 g/mol. The van der Waals surface area contributed by atoms with Crippen molar-refractivity contribution < 1.29 is 19.3 Å². The number of hydrogen-bond donors (Lipinski definition) is 1. The van der Waals surface area contributed by atoms with Crippen molar-refractivity contribution in [1.82, 2.24) is 0 Å². The van der Waals surface area contributed by atoms with E-state index in [-0.39, 0.29) is 0 Å². The number of rotatable bonds is 24. The molecule has 0 radical (unpaired) electrons. The van der Waals surface area contributed by atoms with Gasteiger partial charge in [0.25, 0.3) is 0 Å². The van der Waals surface area contributed by atoms with Crippen molar-refractivity contribution in [1.29, 1.82) is 0 Å². The molecule has 0 amide bonds. The van der Waals surface area contributed by atoms with Gasteiger partial charge in [-0.3, -0.25) is 0 Å². The molecule has 0 saturated carbocycles. The maximum Gasteiger partial charge on any atom is 0.167 e. The van der Waals surface area contributed by atoms with E-state index in [0.29, 0.717) is 18.3 Å². The van der Waals surface area contributed by atoms with Crippen LogP contribution in [0, 0.1) is 0 Å². The highest BCUT2D eigenvalue weighted by molar-refractivity contribution is 4.74. The van der Waals surface area contributed by atoms with Crippen LogP contribution < -0.4 is 0 Å².